The van der Waals surface area contributed by atoms with Gasteiger partial charge in [0.1, 0.15) is 18.0 Å². The minimum absolute atomic E-state index is 0.672. The zero-order chi connectivity index (χ0) is 15.9. The van der Waals surface area contributed by atoms with Gasteiger partial charge in [0.15, 0.2) is 11.5 Å². The Hall–Kier alpha value is -2.50. The Balaban J connectivity index is 2.22. The van der Waals surface area contributed by atoms with Crippen LogP contribution in [0.15, 0.2) is 30.6 Å². The lowest BCUT2D eigenvalue weighted by Crippen LogP contribution is -2.23. The molecule has 2 aromatic rings. The van der Waals surface area contributed by atoms with Crippen molar-refractivity contribution in [2.24, 2.45) is 0 Å². The van der Waals surface area contributed by atoms with E-state index < -0.39 is 0 Å². The van der Waals surface area contributed by atoms with Crippen LogP contribution in [0.1, 0.15) is 13.8 Å². The summed E-state index contributed by atoms with van der Waals surface area (Å²) in [4.78, 5) is 10.7. The molecule has 0 aliphatic heterocycles. The molecule has 0 amide bonds. The van der Waals surface area contributed by atoms with Crippen LogP contribution in [0.2, 0.25) is 0 Å². The molecule has 22 heavy (non-hydrogen) atoms. The molecular formula is C16H22N4O2. The third-order valence-corrected chi connectivity index (χ3v) is 3.40. The summed E-state index contributed by atoms with van der Waals surface area (Å²) in [6.07, 6.45) is 1.57. The van der Waals surface area contributed by atoms with Crippen LogP contribution in [-0.2, 0) is 0 Å². The molecule has 1 aromatic heterocycles. The van der Waals surface area contributed by atoms with Crippen molar-refractivity contribution in [3.8, 4) is 11.5 Å². The maximum Gasteiger partial charge on any atom is 0.162 e. The second kappa shape index (κ2) is 7.49. The van der Waals surface area contributed by atoms with E-state index in [-0.39, 0.29) is 0 Å². The highest BCUT2D eigenvalue weighted by atomic mass is 16.5. The van der Waals surface area contributed by atoms with E-state index in [9.17, 15) is 0 Å². The number of aromatic nitrogens is 2. The van der Waals surface area contributed by atoms with Gasteiger partial charge in [-0.1, -0.05) is 0 Å². The van der Waals surface area contributed by atoms with Crippen LogP contribution in [-0.4, -0.2) is 37.3 Å². The lowest BCUT2D eigenvalue weighted by Gasteiger charge is -2.20. The van der Waals surface area contributed by atoms with E-state index in [1.165, 1.54) is 0 Å². The number of nitrogens with one attached hydrogen (secondary N) is 1. The van der Waals surface area contributed by atoms with Gasteiger partial charge in [-0.15, -0.1) is 0 Å². The van der Waals surface area contributed by atoms with Crippen molar-refractivity contribution in [3.05, 3.63) is 30.6 Å². The first-order valence-electron chi connectivity index (χ1n) is 7.27. The molecule has 0 atom stereocenters. The van der Waals surface area contributed by atoms with Crippen molar-refractivity contribution in [2.75, 3.05) is 37.5 Å². The summed E-state index contributed by atoms with van der Waals surface area (Å²) in [5.41, 5.74) is 0.877. The van der Waals surface area contributed by atoms with Crippen molar-refractivity contribution in [3.63, 3.8) is 0 Å². The Morgan fingerprint density at radius 1 is 1.00 bits per heavy atom. The van der Waals surface area contributed by atoms with Crippen LogP contribution >= 0.6 is 0 Å². The van der Waals surface area contributed by atoms with E-state index in [1.807, 2.05) is 24.3 Å². The summed E-state index contributed by atoms with van der Waals surface area (Å²) in [5, 5.41) is 3.26. The summed E-state index contributed by atoms with van der Waals surface area (Å²) in [7, 11) is 3.23. The number of ether oxygens (including phenoxy) is 2. The SMILES string of the molecule is CCN(CC)c1cc(Nc2ccc(OC)c(OC)c2)ncn1. The number of rotatable bonds is 7. The van der Waals surface area contributed by atoms with Crippen molar-refractivity contribution >= 4 is 17.3 Å². The molecule has 6 heteroatoms. The van der Waals surface area contributed by atoms with Gasteiger partial charge >= 0.3 is 0 Å². The van der Waals surface area contributed by atoms with Gasteiger partial charge in [-0.2, -0.15) is 0 Å². The number of hydrogen-bond acceptors (Lipinski definition) is 6. The number of nitrogens with zero attached hydrogens (tertiary/aromatic N) is 3. The van der Waals surface area contributed by atoms with Crippen LogP contribution in [0.4, 0.5) is 17.3 Å². The average molecular weight is 302 g/mol. The van der Waals surface area contributed by atoms with Gasteiger partial charge < -0.3 is 19.7 Å². The highest BCUT2D eigenvalue weighted by molar-refractivity contribution is 5.63. The van der Waals surface area contributed by atoms with Crippen LogP contribution in [0.3, 0.4) is 0 Å². The maximum absolute atomic E-state index is 5.31. The summed E-state index contributed by atoms with van der Waals surface area (Å²) in [5.74, 6) is 3.01. The largest absolute Gasteiger partial charge is 0.493 e. The molecule has 0 spiro atoms. The first-order valence-corrected chi connectivity index (χ1v) is 7.27. The molecule has 1 heterocycles. The van der Waals surface area contributed by atoms with Gasteiger partial charge in [0.05, 0.1) is 14.2 Å². The first-order chi connectivity index (χ1) is 10.7. The van der Waals surface area contributed by atoms with Gasteiger partial charge in [0, 0.05) is 30.9 Å². The number of benzene rings is 1. The van der Waals surface area contributed by atoms with E-state index in [0.29, 0.717) is 11.5 Å². The van der Waals surface area contributed by atoms with Gasteiger partial charge in [-0.25, -0.2) is 9.97 Å². The minimum atomic E-state index is 0.672. The second-order valence-electron chi connectivity index (χ2n) is 4.63. The Kier molecular flexibility index (Phi) is 5.41. The van der Waals surface area contributed by atoms with Crippen molar-refractivity contribution in [2.45, 2.75) is 13.8 Å². The molecule has 0 saturated heterocycles. The molecule has 1 N–H and O–H groups in total. The summed E-state index contributed by atoms with van der Waals surface area (Å²) in [6, 6.07) is 7.58. The molecule has 6 nitrogen and oxygen atoms in total. The smallest absolute Gasteiger partial charge is 0.162 e. The van der Waals surface area contributed by atoms with Gasteiger partial charge in [-0.05, 0) is 26.0 Å². The quantitative estimate of drug-likeness (QED) is 0.848. The fourth-order valence-corrected chi connectivity index (χ4v) is 2.20. The minimum Gasteiger partial charge on any atom is -0.493 e. The summed E-state index contributed by atoms with van der Waals surface area (Å²) in [6.45, 7) is 6.02. The van der Waals surface area contributed by atoms with Crippen molar-refractivity contribution in [1.82, 2.24) is 9.97 Å². The molecule has 118 valence electrons. The molecule has 2 rings (SSSR count). The molecule has 0 saturated carbocycles. The van der Waals surface area contributed by atoms with Gasteiger partial charge in [0.2, 0.25) is 0 Å². The Morgan fingerprint density at radius 2 is 1.73 bits per heavy atom. The first kappa shape index (κ1) is 15.9. The molecule has 0 aliphatic rings. The topological polar surface area (TPSA) is 59.5 Å². The third-order valence-electron chi connectivity index (χ3n) is 3.40. The van der Waals surface area contributed by atoms with E-state index >= 15 is 0 Å². The Morgan fingerprint density at radius 3 is 2.36 bits per heavy atom. The molecular weight excluding hydrogens is 280 g/mol. The number of hydrogen-bond donors (Lipinski definition) is 1. The predicted molar refractivity (Wildman–Crippen MR) is 88.4 cm³/mol. The average Bonchev–Trinajstić information content (AvgIpc) is 2.56. The van der Waals surface area contributed by atoms with Crippen molar-refractivity contribution < 1.29 is 9.47 Å². The fraction of sp³-hybridized carbons (Fsp3) is 0.375. The number of anilines is 3. The third kappa shape index (κ3) is 3.58. The fourth-order valence-electron chi connectivity index (χ4n) is 2.20. The summed E-state index contributed by atoms with van der Waals surface area (Å²) >= 11 is 0. The molecule has 0 aliphatic carbocycles. The van der Waals surface area contributed by atoms with E-state index in [1.54, 1.807) is 20.5 Å². The predicted octanol–water partition coefficient (Wildman–Crippen LogP) is 3.08. The van der Waals surface area contributed by atoms with E-state index in [4.69, 9.17) is 9.47 Å². The number of methoxy groups -OCH3 is 2. The van der Waals surface area contributed by atoms with Crippen LogP contribution in [0, 0.1) is 0 Å². The van der Waals surface area contributed by atoms with Gasteiger partial charge in [-0.3, -0.25) is 0 Å². The van der Waals surface area contributed by atoms with Crippen LogP contribution in [0.25, 0.3) is 0 Å². The van der Waals surface area contributed by atoms with Crippen molar-refractivity contribution in [1.29, 1.82) is 0 Å². The molecule has 0 radical (unpaired) electrons. The lowest BCUT2D eigenvalue weighted by molar-refractivity contribution is 0.355. The van der Waals surface area contributed by atoms with Crippen LogP contribution < -0.4 is 19.7 Å². The highest BCUT2D eigenvalue weighted by Gasteiger charge is 2.07. The van der Waals surface area contributed by atoms with Gasteiger partial charge in [0.25, 0.3) is 0 Å². The zero-order valence-corrected chi connectivity index (χ0v) is 13.5. The molecule has 0 fully saturated rings. The molecule has 1 aromatic carbocycles. The highest BCUT2D eigenvalue weighted by Crippen LogP contribution is 2.31. The zero-order valence-electron chi connectivity index (χ0n) is 13.5. The lowest BCUT2D eigenvalue weighted by atomic mass is 10.2. The normalized spacial score (nSPS) is 10.2. The Bertz CT molecular complexity index is 615. The second-order valence-corrected chi connectivity index (χ2v) is 4.63. The molecule has 0 bridgehead atoms. The van der Waals surface area contributed by atoms with Crippen LogP contribution in [0.5, 0.6) is 11.5 Å². The van der Waals surface area contributed by atoms with E-state index in [0.717, 1.165) is 30.4 Å². The summed E-state index contributed by atoms with van der Waals surface area (Å²) < 4.78 is 10.5. The standard InChI is InChI=1S/C16H22N4O2/c1-5-20(6-2)16-10-15(17-11-18-16)19-12-7-8-13(21-3)14(9-12)22-4/h7-11H,5-6H2,1-4H3,(H,17,18,19). The Labute approximate surface area is 131 Å². The molecule has 0 unspecified atom stereocenters. The maximum atomic E-state index is 5.31. The monoisotopic (exact) mass is 302 g/mol. The van der Waals surface area contributed by atoms with E-state index in [2.05, 4.69) is 34.0 Å².